The van der Waals surface area contributed by atoms with Gasteiger partial charge < -0.3 is 9.47 Å². The number of amides is 1. The molecule has 1 aliphatic rings. The van der Waals surface area contributed by atoms with Crippen LogP contribution in [0.1, 0.15) is 84.5 Å². The number of carbonyl (C=O) groups excluding carboxylic acids is 3. The number of para-hydroxylation sites is 1. The molecule has 0 saturated heterocycles. The van der Waals surface area contributed by atoms with E-state index in [4.69, 9.17) is 14.6 Å². The quantitative estimate of drug-likeness (QED) is 0.196. The summed E-state index contributed by atoms with van der Waals surface area (Å²) < 4.78 is 14.3. The van der Waals surface area contributed by atoms with E-state index < -0.39 is 17.7 Å². The van der Waals surface area contributed by atoms with Crippen molar-refractivity contribution < 1.29 is 23.9 Å². The molecule has 5 rings (SSSR count). The molecule has 0 radical (unpaired) electrons. The maximum Gasteiger partial charge on any atom is 0.419 e. The Kier molecular flexibility index (Phi) is 9.18. The molecule has 45 heavy (non-hydrogen) atoms. The molecule has 9 nitrogen and oxygen atoms in total. The van der Waals surface area contributed by atoms with Gasteiger partial charge in [0.15, 0.2) is 5.82 Å². The van der Waals surface area contributed by atoms with Crippen molar-refractivity contribution in [1.29, 1.82) is 0 Å². The third kappa shape index (κ3) is 6.82. The topological polar surface area (TPSA) is 95.7 Å². The van der Waals surface area contributed by atoms with Gasteiger partial charge in [0, 0.05) is 23.5 Å². The molecule has 0 unspecified atom stereocenters. The van der Waals surface area contributed by atoms with E-state index in [2.05, 4.69) is 6.92 Å². The average molecular weight is 613 g/mol. The van der Waals surface area contributed by atoms with E-state index in [9.17, 15) is 14.4 Å². The Bertz CT molecular complexity index is 1680. The molecular formula is C36H44N4O5. The van der Waals surface area contributed by atoms with Crippen LogP contribution in [0, 0.1) is 11.8 Å². The Morgan fingerprint density at radius 3 is 2.29 bits per heavy atom. The molecular weight excluding hydrogens is 568 g/mol. The van der Waals surface area contributed by atoms with E-state index in [1.54, 1.807) is 27.3 Å². The molecule has 1 saturated carbocycles. The first-order valence-electron chi connectivity index (χ1n) is 15.9. The highest BCUT2D eigenvalue weighted by Crippen LogP contribution is 2.34. The molecule has 1 fully saturated rings. The largest absolute Gasteiger partial charge is 0.462 e. The first-order chi connectivity index (χ1) is 21.4. The molecule has 4 aromatic rings. The highest BCUT2D eigenvalue weighted by atomic mass is 16.6. The molecule has 0 aliphatic heterocycles. The standard InChI is InChI=1S/C36H44N4O5/c1-8-44-34(42)29-22-38(37-32(29)39(23(2)3)33(41)26-15-13-24(4)14-16-26)28-19-17-25(18-20-28)31-21-27-11-9-10-12-30(27)40(31)35(43)45-36(5,6)7/h9-12,17-24,26H,8,13-16H2,1-7H3/t24-,26-. The fraction of sp³-hybridized carbons (Fsp3) is 0.444. The van der Waals surface area contributed by atoms with Crippen LogP contribution >= 0.6 is 0 Å². The smallest absolute Gasteiger partial charge is 0.419 e. The lowest BCUT2D eigenvalue weighted by molar-refractivity contribution is -0.124. The van der Waals surface area contributed by atoms with Crippen molar-refractivity contribution in [3.8, 4) is 16.9 Å². The molecule has 2 heterocycles. The number of hydrogen-bond donors (Lipinski definition) is 0. The van der Waals surface area contributed by atoms with Crippen LogP contribution in [0.3, 0.4) is 0 Å². The number of hydrogen-bond acceptors (Lipinski definition) is 6. The highest BCUT2D eigenvalue weighted by Gasteiger charge is 2.34. The number of benzene rings is 2. The number of aromatic nitrogens is 3. The second-order valence-corrected chi connectivity index (χ2v) is 13.2. The summed E-state index contributed by atoms with van der Waals surface area (Å²) in [6.07, 6.45) is 4.87. The zero-order valence-corrected chi connectivity index (χ0v) is 27.4. The predicted molar refractivity (Wildman–Crippen MR) is 176 cm³/mol. The minimum absolute atomic E-state index is 0.00184. The molecule has 1 amide bonds. The van der Waals surface area contributed by atoms with Crippen LogP contribution in [0.4, 0.5) is 10.6 Å². The van der Waals surface area contributed by atoms with Crippen molar-refractivity contribution in [2.24, 2.45) is 11.8 Å². The molecule has 2 aromatic carbocycles. The minimum atomic E-state index is -0.654. The van der Waals surface area contributed by atoms with Gasteiger partial charge in [-0.3, -0.25) is 9.69 Å². The predicted octanol–water partition coefficient (Wildman–Crippen LogP) is 8.02. The van der Waals surface area contributed by atoms with Crippen LogP contribution in [0.25, 0.3) is 27.8 Å². The summed E-state index contributed by atoms with van der Waals surface area (Å²) >= 11 is 0. The van der Waals surface area contributed by atoms with Gasteiger partial charge in [-0.05, 0) is 103 Å². The van der Waals surface area contributed by atoms with Gasteiger partial charge in [0.05, 0.1) is 23.5 Å². The summed E-state index contributed by atoms with van der Waals surface area (Å²) in [4.78, 5) is 42.0. The summed E-state index contributed by atoms with van der Waals surface area (Å²) in [5.74, 6) is 0.302. The summed E-state index contributed by atoms with van der Waals surface area (Å²) in [5.41, 5.74) is 2.55. The molecule has 9 heteroatoms. The van der Waals surface area contributed by atoms with Crippen molar-refractivity contribution in [1.82, 2.24) is 14.3 Å². The number of rotatable bonds is 7. The van der Waals surface area contributed by atoms with Crippen molar-refractivity contribution in [2.75, 3.05) is 11.5 Å². The Hall–Kier alpha value is -4.40. The van der Waals surface area contributed by atoms with Crippen molar-refractivity contribution >= 4 is 34.7 Å². The van der Waals surface area contributed by atoms with Crippen molar-refractivity contribution in [3.05, 3.63) is 66.4 Å². The lowest BCUT2D eigenvalue weighted by Crippen LogP contribution is -2.43. The van der Waals surface area contributed by atoms with Gasteiger partial charge in [-0.15, -0.1) is 5.10 Å². The van der Waals surface area contributed by atoms with Crippen LogP contribution in [0.15, 0.2) is 60.8 Å². The maximum absolute atomic E-state index is 13.9. The van der Waals surface area contributed by atoms with Crippen LogP contribution in [0.5, 0.6) is 0 Å². The van der Waals surface area contributed by atoms with Gasteiger partial charge in [-0.25, -0.2) is 18.8 Å². The van der Waals surface area contributed by atoms with Crippen LogP contribution < -0.4 is 4.90 Å². The molecule has 0 atom stereocenters. The summed E-state index contributed by atoms with van der Waals surface area (Å²) in [6, 6.07) is 17.0. The van der Waals surface area contributed by atoms with E-state index in [0.717, 1.165) is 42.1 Å². The summed E-state index contributed by atoms with van der Waals surface area (Å²) in [5, 5.41) is 5.72. The van der Waals surface area contributed by atoms with E-state index in [-0.39, 0.29) is 30.0 Å². The highest BCUT2D eigenvalue weighted by molar-refractivity contribution is 6.02. The van der Waals surface area contributed by atoms with E-state index in [1.165, 1.54) is 0 Å². The number of esters is 1. The SMILES string of the molecule is CCOC(=O)c1cn(-c2ccc(-c3cc4ccccc4n3C(=O)OC(C)(C)C)cc2)nc1N(C(=O)[C@H]1CC[C@H](C)CC1)C(C)C. The fourth-order valence-corrected chi connectivity index (χ4v) is 5.99. The van der Waals surface area contributed by atoms with Gasteiger partial charge in [0.25, 0.3) is 0 Å². The number of nitrogens with zero attached hydrogens (tertiary/aromatic N) is 4. The van der Waals surface area contributed by atoms with Crippen LogP contribution in [-0.4, -0.2) is 50.6 Å². The van der Waals surface area contributed by atoms with Crippen molar-refractivity contribution in [2.45, 2.75) is 85.8 Å². The lowest BCUT2D eigenvalue weighted by atomic mass is 9.82. The van der Waals surface area contributed by atoms with Gasteiger partial charge in [-0.2, -0.15) is 0 Å². The van der Waals surface area contributed by atoms with Gasteiger partial charge in [-0.1, -0.05) is 37.3 Å². The Morgan fingerprint density at radius 2 is 1.67 bits per heavy atom. The van der Waals surface area contributed by atoms with E-state index in [1.807, 2.05) is 89.2 Å². The molecule has 2 aromatic heterocycles. The Balaban J connectivity index is 1.52. The van der Waals surface area contributed by atoms with Crippen LogP contribution in [-0.2, 0) is 14.3 Å². The van der Waals surface area contributed by atoms with Crippen LogP contribution in [0.2, 0.25) is 0 Å². The number of fused-ring (bicyclic) bond motifs is 1. The third-order valence-electron chi connectivity index (χ3n) is 8.25. The third-order valence-corrected chi connectivity index (χ3v) is 8.25. The van der Waals surface area contributed by atoms with Crippen molar-refractivity contribution in [3.63, 3.8) is 0 Å². The number of ether oxygens (including phenoxy) is 2. The maximum atomic E-state index is 13.9. The summed E-state index contributed by atoms with van der Waals surface area (Å²) in [6.45, 7) is 13.6. The minimum Gasteiger partial charge on any atom is -0.462 e. The van der Waals surface area contributed by atoms with E-state index in [0.29, 0.717) is 23.1 Å². The Morgan fingerprint density at radius 1 is 1.00 bits per heavy atom. The van der Waals surface area contributed by atoms with Gasteiger partial charge in [0.1, 0.15) is 11.2 Å². The zero-order chi connectivity index (χ0) is 32.5. The monoisotopic (exact) mass is 612 g/mol. The number of anilines is 1. The lowest BCUT2D eigenvalue weighted by Gasteiger charge is -2.32. The molecule has 0 bridgehead atoms. The summed E-state index contributed by atoms with van der Waals surface area (Å²) in [7, 11) is 0. The van der Waals surface area contributed by atoms with E-state index >= 15 is 0 Å². The second-order valence-electron chi connectivity index (χ2n) is 13.2. The average Bonchev–Trinajstić information content (AvgIpc) is 3.59. The molecule has 238 valence electrons. The van der Waals surface area contributed by atoms with Gasteiger partial charge in [0.2, 0.25) is 5.91 Å². The first kappa shape index (κ1) is 32.0. The number of carbonyl (C=O) groups is 3. The molecule has 0 spiro atoms. The fourth-order valence-electron chi connectivity index (χ4n) is 5.99. The zero-order valence-electron chi connectivity index (χ0n) is 27.4. The first-order valence-corrected chi connectivity index (χ1v) is 15.9. The second kappa shape index (κ2) is 12.9. The normalized spacial score (nSPS) is 17.0. The Labute approximate surface area is 265 Å². The van der Waals surface area contributed by atoms with Gasteiger partial charge >= 0.3 is 12.1 Å². The molecule has 1 aliphatic carbocycles. The molecule has 0 N–H and O–H groups in total.